The van der Waals surface area contributed by atoms with E-state index in [9.17, 15) is 49.4 Å². The number of hydrogen-bond donors (Lipinski definition) is 1. The molecule has 0 radical (unpaired) electrons. The number of alkyl halides is 9. The van der Waals surface area contributed by atoms with Gasteiger partial charge in [0.25, 0.3) is 5.95 Å². The second-order valence-corrected chi connectivity index (χ2v) is 12.9. The Kier molecular flexibility index (Phi) is 10.0. The molecule has 0 aliphatic carbocycles. The van der Waals surface area contributed by atoms with E-state index in [1.807, 2.05) is 0 Å². The van der Waals surface area contributed by atoms with Gasteiger partial charge in [0, 0.05) is 25.3 Å². The number of nitrogens with zero attached hydrogens (tertiary/aromatic N) is 6. The lowest BCUT2D eigenvalue weighted by Gasteiger charge is -2.35. The van der Waals surface area contributed by atoms with E-state index in [0.29, 0.717) is 30.5 Å². The van der Waals surface area contributed by atoms with E-state index in [0.717, 1.165) is 4.80 Å². The number of aliphatic carboxylic acids is 1. The molecule has 0 amide bonds. The predicted octanol–water partition coefficient (Wildman–Crippen LogP) is 8.12. The van der Waals surface area contributed by atoms with Crippen molar-refractivity contribution < 1.29 is 49.4 Å². The van der Waals surface area contributed by atoms with Crippen molar-refractivity contribution in [2.45, 2.75) is 84.5 Å². The minimum absolute atomic E-state index is 0.0183. The lowest BCUT2D eigenvalue weighted by Crippen LogP contribution is -2.32. The Bertz CT molecular complexity index is 1610. The van der Waals surface area contributed by atoms with E-state index in [-0.39, 0.29) is 60.3 Å². The van der Waals surface area contributed by atoms with Crippen molar-refractivity contribution >= 4 is 17.6 Å². The Morgan fingerprint density at radius 2 is 1.56 bits per heavy atom. The zero-order valence-corrected chi connectivity index (χ0v) is 26.8. The van der Waals surface area contributed by atoms with Gasteiger partial charge in [0.15, 0.2) is 0 Å². The van der Waals surface area contributed by atoms with Crippen molar-refractivity contribution in [3.63, 3.8) is 0 Å². The number of aromatic nitrogens is 4. The fraction of sp³-hybridized carbons (Fsp3) is 0.548. The van der Waals surface area contributed by atoms with Gasteiger partial charge in [0.05, 0.1) is 36.2 Å². The maximum atomic E-state index is 14.4. The number of anilines is 2. The second-order valence-electron chi connectivity index (χ2n) is 12.9. The maximum Gasteiger partial charge on any atom is 0.416 e. The highest BCUT2D eigenvalue weighted by atomic mass is 19.4. The third-order valence-corrected chi connectivity index (χ3v) is 8.45. The topological polar surface area (TPSA) is 87.4 Å². The zero-order valence-electron chi connectivity index (χ0n) is 26.8. The van der Waals surface area contributed by atoms with Crippen molar-refractivity contribution in [3.05, 3.63) is 63.2 Å². The van der Waals surface area contributed by atoms with Crippen molar-refractivity contribution in [3.8, 4) is 0 Å². The molecule has 0 fully saturated rings. The summed E-state index contributed by atoms with van der Waals surface area (Å²) in [7, 11) is 1.41. The molecule has 0 bridgehead atoms. The van der Waals surface area contributed by atoms with Crippen molar-refractivity contribution in [2.24, 2.45) is 12.5 Å². The first-order chi connectivity index (χ1) is 22.0. The molecule has 2 heterocycles. The van der Waals surface area contributed by atoms with Gasteiger partial charge < -0.3 is 14.9 Å². The van der Waals surface area contributed by atoms with Gasteiger partial charge in [0.2, 0.25) is 0 Å². The number of benzene rings is 2. The number of fused-ring (bicyclic) bond motifs is 1. The largest absolute Gasteiger partial charge is 0.481 e. The Balaban J connectivity index is 1.91. The molecule has 48 heavy (non-hydrogen) atoms. The van der Waals surface area contributed by atoms with Crippen LogP contribution in [0, 0.1) is 19.3 Å². The summed E-state index contributed by atoms with van der Waals surface area (Å²) in [4.78, 5) is 15.6. The van der Waals surface area contributed by atoms with Crippen LogP contribution in [-0.2, 0) is 36.9 Å². The van der Waals surface area contributed by atoms with Gasteiger partial charge in [0.1, 0.15) is 0 Å². The summed E-state index contributed by atoms with van der Waals surface area (Å²) >= 11 is 0. The van der Waals surface area contributed by atoms with Crippen LogP contribution in [0.2, 0.25) is 0 Å². The van der Waals surface area contributed by atoms with Crippen LogP contribution in [0.5, 0.6) is 0 Å². The number of carbonyl (C=O) groups is 1. The molecule has 2 aromatic carbocycles. The standard InChI is InChI=1S/C31H35F9N6O2/c1-17-11-22-23(7-6-9-45(10-8-28(3,4)15-24(47)48)26(22)18(2)25(17)31(38,39)40)46(27-41-43-44(5)42-27)16-19-12-20(29(32,33)34)14-21(13-19)30(35,36)37/h11-14,23H,6-10,15-16H2,1-5H3,(H,47,48)/t23-/m0/s1. The molecule has 1 aromatic heterocycles. The van der Waals surface area contributed by atoms with Gasteiger partial charge in [-0.25, -0.2) is 0 Å². The lowest BCUT2D eigenvalue weighted by atomic mass is 9.85. The fourth-order valence-corrected chi connectivity index (χ4v) is 6.36. The lowest BCUT2D eigenvalue weighted by molar-refractivity contribution is -0.143. The predicted molar refractivity (Wildman–Crippen MR) is 157 cm³/mol. The summed E-state index contributed by atoms with van der Waals surface area (Å²) in [6, 6.07) is 1.65. The smallest absolute Gasteiger partial charge is 0.416 e. The van der Waals surface area contributed by atoms with E-state index in [2.05, 4.69) is 15.4 Å². The number of hydrogen-bond acceptors (Lipinski definition) is 6. The number of rotatable bonds is 9. The average Bonchev–Trinajstić information content (AvgIpc) is 3.26. The number of carboxylic acid groups (broad SMARTS) is 1. The highest BCUT2D eigenvalue weighted by Gasteiger charge is 2.41. The van der Waals surface area contributed by atoms with E-state index in [1.54, 1.807) is 18.7 Å². The highest BCUT2D eigenvalue weighted by molar-refractivity contribution is 5.68. The van der Waals surface area contributed by atoms with Gasteiger partial charge in [-0.3, -0.25) is 4.79 Å². The van der Waals surface area contributed by atoms with Crippen molar-refractivity contribution in [1.82, 2.24) is 20.2 Å². The number of aryl methyl sites for hydroxylation is 2. The number of carboxylic acids is 1. The first kappa shape index (κ1) is 36.8. The molecule has 8 nitrogen and oxygen atoms in total. The molecule has 0 saturated carbocycles. The third-order valence-electron chi connectivity index (χ3n) is 8.45. The maximum absolute atomic E-state index is 14.4. The second kappa shape index (κ2) is 13.1. The van der Waals surface area contributed by atoms with Crippen molar-refractivity contribution in [2.75, 3.05) is 22.9 Å². The molecule has 0 unspecified atom stereocenters. The molecule has 3 aromatic rings. The first-order valence-corrected chi connectivity index (χ1v) is 14.9. The number of tetrazole rings is 1. The summed E-state index contributed by atoms with van der Waals surface area (Å²) in [5.41, 5.74) is -4.66. The molecular weight excluding hydrogens is 659 g/mol. The normalized spacial score (nSPS) is 16.1. The Hall–Kier alpha value is -4.05. The third kappa shape index (κ3) is 8.32. The van der Waals surface area contributed by atoms with Gasteiger partial charge in [-0.1, -0.05) is 25.0 Å². The quantitative estimate of drug-likeness (QED) is 0.227. The van der Waals surface area contributed by atoms with Crippen LogP contribution >= 0.6 is 0 Å². The van der Waals surface area contributed by atoms with Crippen LogP contribution in [0.4, 0.5) is 51.1 Å². The van der Waals surface area contributed by atoms with Crippen LogP contribution in [0.25, 0.3) is 0 Å². The van der Waals surface area contributed by atoms with Crippen LogP contribution in [-0.4, -0.2) is 44.4 Å². The Morgan fingerprint density at radius 3 is 2.06 bits per heavy atom. The fourth-order valence-electron chi connectivity index (χ4n) is 6.36. The van der Waals surface area contributed by atoms with Crippen LogP contribution in [0.15, 0.2) is 24.3 Å². The Morgan fingerprint density at radius 1 is 0.958 bits per heavy atom. The molecule has 264 valence electrons. The SMILES string of the molecule is Cc1cc2c(c(C)c1C(F)(F)F)N(CCC(C)(C)CC(=O)O)CCC[C@@H]2N(Cc1cc(C(F)(F)F)cc(C(F)(F)F)c1)c1nnn(C)n1. The molecule has 0 saturated heterocycles. The molecule has 17 heteroatoms. The minimum Gasteiger partial charge on any atom is -0.481 e. The van der Waals surface area contributed by atoms with E-state index in [4.69, 9.17) is 0 Å². The summed E-state index contributed by atoms with van der Waals surface area (Å²) in [6.45, 7) is 5.94. The van der Waals surface area contributed by atoms with E-state index in [1.165, 1.54) is 31.9 Å². The summed E-state index contributed by atoms with van der Waals surface area (Å²) in [5, 5.41) is 21.3. The summed E-state index contributed by atoms with van der Waals surface area (Å²) in [6.07, 6.45) is -14.2. The molecule has 1 aliphatic rings. The number of halogens is 9. The van der Waals surface area contributed by atoms with Crippen molar-refractivity contribution in [1.29, 1.82) is 0 Å². The van der Waals surface area contributed by atoms with E-state index < -0.39 is 59.2 Å². The first-order valence-electron chi connectivity index (χ1n) is 14.9. The summed E-state index contributed by atoms with van der Waals surface area (Å²) in [5.74, 6) is -1.18. The van der Waals surface area contributed by atoms with Gasteiger partial charge >= 0.3 is 24.5 Å². The highest BCUT2D eigenvalue weighted by Crippen LogP contribution is 2.47. The average molecular weight is 695 g/mol. The van der Waals surface area contributed by atoms with E-state index >= 15 is 0 Å². The molecule has 0 spiro atoms. The molecule has 1 atom stereocenters. The molecule has 1 N–H and O–H groups in total. The summed E-state index contributed by atoms with van der Waals surface area (Å²) < 4.78 is 126. The van der Waals surface area contributed by atoms with Crippen LogP contribution in [0.1, 0.15) is 84.5 Å². The zero-order chi connectivity index (χ0) is 36.0. The monoisotopic (exact) mass is 694 g/mol. The molecular formula is C31H35F9N6O2. The minimum atomic E-state index is -5.10. The molecule has 1 aliphatic heterocycles. The van der Waals surface area contributed by atoms with Crippen LogP contribution in [0.3, 0.4) is 0 Å². The Labute approximate surface area is 270 Å². The molecule has 4 rings (SSSR count). The van der Waals surface area contributed by atoms with Gasteiger partial charge in [-0.15, -0.1) is 5.10 Å². The van der Waals surface area contributed by atoms with Crippen LogP contribution < -0.4 is 9.80 Å². The van der Waals surface area contributed by atoms with Gasteiger partial charge in [-0.05, 0) is 84.2 Å². The van der Waals surface area contributed by atoms with Gasteiger partial charge in [-0.2, -0.15) is 44.3 Å².